The van der Waals surface area contributed by atoms with Crippen LogP contribution in [0.15, 0.2) is 30.3 Å². The number of aryl methyl sites for hydroxylation is 2. The third-order valence-electron chi connectivity index (χ3n) is 2.58. The molecule has 1 N–H and O–H groups in total. The van der Waals surface area contributed by atoms with Gasteiger partial charge in [-0.15, -0.1) is 0 Å². The lowest BCUT2D eigenvalue weighted by atomic mass is 10.1. The number of nitrogens with zero attached hydrogens (tertiary/aromatic N) is 2. The average Bonchev–Trinajstić information content (AvgIpc) is 2.57. The molecule has 0 aliphatic carbocycles. The normalized spacial score (nSPS) is 10.6. The molecule has 2 rings (SSSR count). The Morgan fingerprint density at radius 1 is 1.25 bits per heavy atom. The lowest BCUT2D eigenvalue weighted by Crippen LogP contribution is -2.01. The molecule has 0 atom stereocenters. The van der Waals surface area contributed by atoms with Crippen molar-refractivity contribution in [3.8, 4) is 17.0 Å². The van der Waals surface area contributed by atoms with E-state index in [1.54, 1.807) is 0 Å². The molecule has 16 heavy (non-hydrogen) atoms. The molecule has 0 fully saturated rings. The number of aromatic nitrogens is 2. The average molecular weight is 216 g/mol. The monoisotopic (exact) mass is 216 g/mol. The van der Waals surface area contributed by atoms with Crippen molar-refractivity contribution in [2.24, 2.45) is 0 Å². The third-order valence-corrected chi connectivity index (χ3v) is 2.58. The molecule has 0 spiro atoms. The van der Waals surface area contributed by atoms with Gasteiger partial charge in [-0.1, -0.05) is 37.3 Å². The molecule has 84 valence electrons. The van der Waals surface area contributed by atoms with E-state index in [-0.39, 0.29) is 0 Å². The third kappa shape index (κ3) is 1.81. The van der Waals surface area contributed by atoms with Gasteiger partial charge in [-0.2, -0.15) is 5.10 Å². The maximum Gasteiger partial charge on any atom is 0.164 e. The summed E-state index contributed by atoms with van der Waals surface area (Å²) in [6.07, 6.45) is 1.00. The summed E-state index contributed by atoms with van der Waals surface area (Å²) < 4.78 is 1.88. The van der Waals surface area contributed by atoms with Crippen molar-refractivity contribution >= 4 is 0 Å². The highest BCUT2D eigenvalue weighted by Gasteiger charge is 2.14. The predicted octanol–water partition coefficient (Wildman–Crippen LogP) is 2.97. The van der Waals surface area contributed by atoms with Crippen molar-refractivity contribution in [2.75, 3.05) is 0 Å². The van der Waals surface area contributed by atoms with Crippen LogP contribution in [-0.2, 0) is 6.54 Å². The molecule has 0 radical (unpaired) electrons. The topological polar surface area (TPSA) is 38.0 Å². The van der Waals surface area contributed by atoms with Crippen LogP contribution in [0.25, 0.3) is 11.3 Å². The molecule has 1 aromatic heterocycles. The Hall–Kier alpha value is -1.77. The highest BCUT2D eigenvalue weighted by molar-refractivity contribution is 5.67. The van der Waals surface area contributed by atoms with Gasteiger partial charge in [0.05, 0.1) is 0 Å². The highest BCUT2D eigenvalue weighted by atomic mass is 16.3. The first-order valence-electron chi connectivity index (χ1n) is 5.55. The van der Waals surface area contributed by atoms with Gasteiger partial charge in [0, 0.05) is 12.1 Å². The summed E-state index contributed by atoms with van der Waals surface area (Å²) in [5, 5.41) is 14.4. The van der Waals surface area contributed by atoms with E-state index >= 15 is 0 Å². The van der Waals surface area contributed by atoms with Crippen molar-refractivity contribution in [1.29, 1.82) is 0 Å². The zero-order valence-corrected chi connectivity index (χ0v) is 9.64. The summed E-state index contributed by atoms with van der Waals surface area (Å²) in [6.45, 7) is 4.75. The molecule has 3 nitrogen and oxygen atoms in total. The second-order valence-electron chi connectivity index (χ2n) is 3.87. The fourth-order valence-electron chi connectivity index (χ4n) is 1.83. The minimum Gasteiger partial charge on any atom is -0.504 e. The van der Waals surface area contributed by atoms with Gasteiger partial charge >= 0.3 is 0 Å². The summed E-state index contributed by atoms with van der Waals surface area (Å²) in [7, 11) is 0. The van der Waals surface area contributed by atoms with E-state index in [2.05, 4.69) is 12.0 Å². The number of rotatable bonds is 3. The zero-order chi connectivity index (χ0) is 11.5. The van der Waals surface area contributed by atoms with Crippen LogP contribution in [0.2, 0.25) is 0 Å². The van der Waals surface area contributed by atoms with E-state index in [9.17, 15) is 5.11 Å². The van der Waals surface area contributed by atoms with E-state index in [1.165, 1.54) is 0 Å². The Balaban J connectivity index is 2.54. The Morgan fingerprint density at radius 3 is 2.56 bits per heavy atom. The fourth-order valence-corrected chi connectivity index (χ4v) is 1.83. The second-order valence-corrected chi connectivity index (χ2v) is 3.87. The Labute approximate surface area is 95.3 Å². The Morgan fingerprint density at radius 2 is 1.94 bits per heavy atom. The molecular weight excluding hydrogens is 200 g/mol. The van der Waals surface area contributed by atoms with Crippen LogP contribution >= 0.6 is 0 Å². The largest absolute Gasteiger partial charge is 0.504 e. The molecule has 3 heteroatoms. The van der Waals surface area contributed by atoms with Crippen LogP contribution in [0.1, 0.15) is 19.0 Å². The smallest absolute Gasteiger partial charge is 0.164 e. The maximum absolute atomic E-state index is 10.0. The summed E-state index contributed by atoms with van der Waals surface area (Å²) in [5.41, 5.74) is 2.52. The van der Waals surface area contributed by atoms with Gasteiger partial charge in [0.25, 0.3) is 0 Å². The van der Waals surface area contributed by atoms with Crippen LogP contribution in [0.3, 0.4) is 0 Å². The number of benzene rings is 1. The minimum absolute atomic E-state index is 0.291. The first-order chi connectivity index (χ1) is 7.74. The van der Waals surface area contributed by atoms with E-state index in [1.807, 2.05) is 41.9 Å². The molecule has 0 unspecified atom stereocenters. The van der Waals surface area contributed by atoms with Crippen LogP contribution < -0.4 is 0 Å². The molecule has 2 aromatic rings. The second kappa shape index (κ2) is 4.39. The van der Waals surface area contributed by atoms with Gasteiger partial charge in [-0.3, -0.25) is 4.68 Å². The lowest BCUT2D eigenvalue weighted by molar-refractivity contribution is 0.472. The summed E-state index contributed by atoms with van der Waals surface area (Å²) in [6, 6.07) is 9.87. The molecule has 0 saturated heterocycles. The van der Waals surface area contributed by atoms with Crippen LogP contribution in [0.4, 0.5) is 0 Å². The first-order valence-corrected chi connectivity index (χ1v) is 5.55. The Bertz CT molecular complexity index is 474. The van der Waals surface area contributed by atoms with E-state index < -0.39 is 0 Å². The van der Waals surface area contributed by atoms with Crippen molar-refractivity contribution in [3.63, 3.8) is 0 Å². The van der Waals surface area contributed by atoms with Gasteiger partial charge in [0.1, 0.15) is 11.4 Å². The van der Waals surface area contributed by atoms with Gasteiger partial charge in [-0.05, 0) is 13.3 Å². The number of hydrogen-bond acceptors (Lipinski definition) is 2. The molecule has 1 aromatic carbocycles. The molecular formula is C13H16N2O. The maximum atomic E-state index is 10.0. The quantitative estimate of drug-likeness (QED) is 0.856. The number of hydrogen-bond donors (Lipinski definition) is 1. The van der Waals surface area contributed by atoms with Crippen LogP contribution in [-0.4, -0.2) is 14.9 Å². The minimum atomic E-state index is 0.291. The van der Waals surface area contributed by atoms with Crippen LogP contribution in [0.5, 0.6) is 5.75 Å². The summed E-state index contributed by atoms with van der Waals surface area (Å²) >= 11 is 0. The van der Waals surface area contributed by atoms with Gasteiger partial charge in [0.15, 0.2) is 5.75 Å². The van der Waals surface area contributed by atoms with E-state index in [0.717, 1.165) is 24.2 Å². The van der Waals surface area contributed by atoms with Crippen molar-refractivity contribution in [2.45, 2.75) is 26.8 Å². The van der Waals surface area contributed by atoms with Gasteiger partial charge in [-0.25, -0.2) is 0 Å². The van der Waals surface area contributed by atoms with E-state index in [0.29, 0.717) is 11.4 Å². The number of aromatic hydroxyl groups is 1. The molecule has 0 aliphatic heterocycles. The Kier molecular flexibility index (Phi) is 2.95. The lowest BCUT2D eigenvalue weighted by Gasteiger charge is -2.06. The van der Waals surface area contributed by atoms with Crippen molar-refractivity contribution in [1.82, 2.24) is 9.78 Å². The zero-order valence-electron chi connectivity index (χ0n) is 9.64. The molecule has 1 heterocycles. The molecule has 0 bridgehead atoms. The van der Waals surface area contributed by atoms with Gasteiger partial charge < -0.3 is 5.11 Å². The standard InChI is InChI=1S/C13H16N2O/c1-3-9-15-12(13(16)10(2)14-15)11-7-5-4-6-8-11/h4-8,16H,3,9H2,1-2H3. The van der Waals surface area contributed by atoms with Crippen molar-refractivity contribution < 1.29 is 5.11 Å². The molecule has 0 amide bonds. The van der Waals surface area contributed by atoms with Gasteiger partial charge in [0.2, 0.25) is 0 Å². The highest BCUT2D eigenvalue weighted by Crippen LogP contribution is 2.31. The fraction of sp³-hybridized carbons (Fsp3) is 0.308. The summed E-state index contributed by atoms with van der Waals surface area (Å²) in [4.78, 5) is 0. The first kappa shape index (κ1) is 10.7. The molecule has 0 saturated carbocycles. The van der Waals surface area contributed by atoms with E-state index in [4.69, 9.17) is 0 Å². The molecule has 0 aliphatic rings. The SMILES string of the molecule is CCCn1nc(C)c(O)c1-c1ccccc1. The van der Waals surface area contributed by atoms with Crippen molar-refractivity contribution in [3.05, 3.63) is 36.0 Å². The predicted molar refractivity (Wildman–Crippen MR) is 64.4 cm³/mol. The van der Waals surface area contributed by atoms with Crippen LogP contribution in [0, 0.1) is 6.92 Å². The summed E-state index contributed by atoms with van der Waals surface area (Å²) in [5.74, 6) is 0.291.